The molecule has 1 aliphatic rings. The van der Waals surface area contributed by atoms with Crippen LogP contribution >= 0.6 is 0 Å². The molecule has 2 heterocycles. The average Bonchev–Trinajstić information content (AvgIpc) is 2.45. The van der Waals surface area contributed by atoms with E-state index in [-0.39, 0.29) is 11.9 Å². The number of hydrogen-bond acceptors (Lipinski definition) is 3. The zero-order valence-electron chi connectivity index (χ0n) is 10.5. The average molecular weight is 259 g/mol. The molecule has 0 spiro atoms. The first-order chi connectivity index (χ1) is 8.49. The summed E-state index contributed by atoms with van der Waals surface area (Å²) < 4.78 is 39.7. The molecule has 1 aliphatic heterocycles. The Hall–Kier alpha value is -1.30. The van der Waals surface area contributed by atoms with Crippen LogP contribution in [0.5, 0.6) is 0 Å². The van der Waals surface area contributed by atoms with Crippen LogP contribution in [0.3, 0.4) is 0 Å². The van der Waals surface area contributed by atoms with Gasteiger partial charge >= 0.3 is 0 Å². The van der Waals surface area contributed by atoms with E-state index in [0.717, 1.165) is 19.5 Å². The molecule has 18 heavy (non-hydrogen) atoms. The van der Waals surface area contributed by atoms with Crippen LogP contribution in [-0.2, 0) is 0 Å². The third-order valence-electron chi connectivity index (χ3n) is 3.19. The Labute approximate surface area is 104 Å². The highest BCUT2D eigenvalue weighted by Crippen LogP contribution is 2.22. The van der Waals surface area contributed by atoms with Crippen molar-refractivity contribution in [2.75, 3.05) is 31.6 Å². The molecular formula is C12H16F3N3. The molecule has 3 nitrogen and oxygen atoms in total. The van der Waals surface area contributed by atoms with Gasteiger partial charge in [0.05, 0.1) is 0 Å². The van der Waals surface area contributed by atoms with Gasteiger partial charge in [-0.3, -0.25) is 0 Å². The summed E-state index contributed by atoms with van der Waals surface area (Å²) >= 11 is 0. The zero-order valence-corrected chi connectivity index (χ0v) is 10.5. The van der Waals surface area contributed by atoms with Crippen molar-refractivity contribution in [2.45, 2.75) is 19.4 Å². The second-order valence-corrected chi connectivity index (χ2v) is 4.72. The van der Waals surface area contributed by atoms with Crippen LogP contribution in [0.4, 0.5) is 19.0 Å². The lowest BCUT2D eigenvalue weighted by Gasteiger charge is -2.29. The van der Waals surface area contributed by atoms with Gasteiger partial charge < -0.3 is 9.80 Å². The normalized spacial score (nSPS) is 22.1. The van der Waals surface area contributed by atoms with Crippen molar-refractivity contribution >= 4 is 5.82 Å². The zero-order chi connectivity index (χ0) is 13.3. The summed E-state index contributed by atoms with van der Waals surface area (Å²) in [4.78, 5) is 7.23. The van der Waals surface area contributed by atoms with Gasteiger partial charge in [-0.2, -0.15) is 9.37 Å². The van der Waals surface area contributed by atoms with Gasteiger partial charge in [-0.05, 0) is 26.9 Å². The molecule has 2 rings (SSSR count). The molecule has 0 bridgehead atoms. The Kier molecular flexibility index (Phi) is 3.75. The van der Waals surface area contributed by atoms with Crippen LogP contribution in [0.1, 0.15) is 13.3 Å². The maximum Gasteiger partial charge on any atom is 0.251 e. The Morgan fingerprint density at radius 3 is 2.67 bits per heavy atom. The van der Waals surface area contributed by atoms with E-state index in [1.54, 1.807) is 4.90 Å². The third kappa shape index (κ3) is 2.58. The molecule has 6 heteroatoms. The lowest BCUT2D eigenvalue weighted by Crippen LogP contribution is -2.39. The molecule has 0 aliphatic carbocycles. The van der Waals surface area contributed by atoms with Crippen molar-refractivity contribution in [3.05, 3.63) is 23.6 Å². The molecule has 100 valence electrons. The topological polar surface area (TPSA) is 19.4 Å². The molecule has 1 saturated heterocycles. The second kappa shape index (κ2) is 5.14. The Morgan fingerprint density at radius 2 is 1.94 bits per heavy atom. The number of nitrogens with zero attached hydrogens (tertiary/aromatic N) is 3. The van der Waals surface area contributed by atoms with E-state index in [0.29, 0.717) is 12.6 Å². The van der Waals surface area contributed by atoms with Crippen molar-refractivity contribution < 1.29 is 13.2 Å². The van der Waals surface area contributed by atoms with E-state index < -0.39 is 17.6 Å². The monoisotopic (exact) mass is 259 g/mol. The molecule has 1 aromatic heterocycles. The summed E-state index contributed by atoms with van der Waals surface area (Å²) in [7, 11) is 1.98. The minimum absolute atomic E-state index is 0.00404. The fourth-order valence-corrected chi connectivity index (χ4v) is 2.32. The van der Waals surface area contributed by atoms with E-state index in [2.05, 4.69) is 9.88 Å². The van der Waals surface area contributed by atoms with Gasteiger partial charge in [0.2, 0.25) is 0 Å². The van der Waals surface area contributed by atoms with E-state index in [1.165, 1.54) is 0 Å². The van der Waals surface area contributed by atoms with Crippen molar-refractivity contribution in [2.24, 2.45) is 0 Å². The molecule has 1 unspecified atom stereocenters. The number of rotatable bonds is 1. The summed E-state index contributed by atoms with van der Waals surface area (Å²) in [6.45, 7) is 4.14. The minimum Gasteiger partial charge on any atom is -0.350 e. The van der Waals surface area contributed by atoms with Crippen LogP contribution in [0.15, 0.2) is 6.07 Å². The van der Waals surface area contributed by atoms with Crippen molar-refractivity contribution in [1.82, 2.24) is 9.88 Å². The van der Waals surface area contributed by atoms with Crippen LogP contribution in [0.2, 0.25) is 0 Å². The van der Waals surface area contributed by atoms with Gasteiger partial charge in [0.1, 0.15) is 0 Å². The van der Waals surface area contributed by atoms with Crippen LogP contribution in [0, 0.1) is 17.6 Å². The van der Waals surface area contributed by atoms with Crippen LogP contribution in [0.25, 0.3) is 0 Å². The predicted octanol–water partition coefficient (Wildman–Crippen LogP) is 2.03. The van der Waals surface area contributed by atoms with E-state index in [1.807, 2.05) is 14.0 Å². The molecule has 0 amide bonds. The predicted molar refractivity (Wildman–Crippen MR) is 63.0 cm³/mol. The number of likely N-dealkylation sites (N-methyl/N-ethyl adjacent to an activating group) is 1. The molecule has 1 aromatic rings. The molecular weight excluding hydrogens is 243 g/mol. The fraction of sp³-hybridized carbons (Fsp3) is 0.583. The fourth-order valence-electron chi connectivity index (χ4n) is 2.32. The van der Waals surface area contributed by atoms with Gasteiger partial charge in [0, 0.05) is 25.2 Å². The first kappa shape index (κ1) is 13.1. The Bertz CT molecular complexity index is 439. The Balaban J connectivity index is 2.32. The molecule has 0 N–H and O–H groups in total. The van der Waals surface area contributed by atoms with Crippen molar-refractivity contribution in [3.63, 3.8) is 0 Å². The minimum atomic E-state index is -1.25. The van der Waals surface area contributed by atoms with Gasteiger partial charge in [-0.25, -0.2) is 8.78 Å². The lowest BCUT2D eigenvalue weighted by molar-refractivity contribution is 0.336. The van der Waals surface area contributed by atoms with Gasteiger partial charge in [0.25, 0.3) is 5.95 Å². The largest absolute Gasteiger partial charge is 0.350 e. The van der Waals surface area contributed by atoms with E-state index in [4.69, 9.17) is 0 Å². The summed E-state index contributed by atoms with van der Waals surface area (Å²) in [6.07, 6.45) is 0.834. The number of hydrogen-bond donors (Lipinski definition) is 0. The van der Waals surface area contributed by atoms with E-state index in [9.17, 15) is 13.2 Å². The van der Waals surface area contributed by atoms with E-state index >= 15 is 0 Å². The number of halogens is 3. The highest BCUT2D eigenvalue weighted by atomic mass is 19.2. The smallest absolute Gasteiger partial charge is 0.251 e. The summed E-state index contributed by atoms with van der Waals surface area (Å²) in [6, 6.07) is 0.559. The maximum absolute atomic E-state index is 13.7. The standard InChI is InChI=1S/C12H16F3N3/c1-8-7-17(2)4-3-5-18(8)12-10(14)6-9(13)11(15)16-12/h6,8H,3-5,7H2,1-2H3. The molecule has 1 fully saturated rings. The van der Waals surface area contributed by atoms with Crippen LogP contribution in [-0.4, -0.2) is 42.6 Å². The van der Waals surface area contributed by atoms with Crippen molar-refractivity contribution in [1.29, 1.82) is 0 Å². The number of pyridine rings is 1. The summed E-state index contributed by atoms with van der Waals surface area (Å²) in [5.41, 5.74) is 0. The Morgan fingerprint density at radius 1 is 1.22 bits per heavy atom. The first-order valence-corrected chi connectivity index (χ1v) is 5.95. The highest BCUT2D eigenvalue weighted by molar-refractivity contribution is 5.41. The van der Waals surface area contributed by atoms with Gasteiger partial charge in [-0.1, -0.05) is 0 Å². The van der Waals surface area contributed by atoms with Gasteiger partial charge in [0.15, 0.2) is 17.5 Å². The molecule has 1 atom stereocenters. The SMILES string of the molecule is CC1CN(C)CCCN1c1nc(F)c(F)cc1F. The maximum atomic E-state index is 13.7. The van der Waals surface area contributed by atoms with Crippen molar-refractivity contribution in [3.8, 4) is 0 Å². The number of anilines is 1. The second-order valence-electron chi connectivity index (χ2n) is 4.72. The lowest BCUT2D eigenvalue weighted by atomic mass is 10.2. The molecule has 0 saturated carbocycles. The van der Waals surface area contributed by atoms with Gasteiger partial charge in [-0.15, -0.1) is 0 Å². The first-order valence-electron chi connectivity index (χ1n) is 5.95. The molecule has 0 aromatic carbocycles. The molecule has 0 radical (unpaired) electrons. The third-order valence-corrected chi connectivity index (χ3v) is 3.19. The van der Waals surface area contributed by atoms with Crippen LogP contribution < -0.4 is 4.90 Å². The summed E-state index contributed by atoms with van der Waals surface area (Å²) in [5, 5.41) is 0. The number of aromatic nitrogens is 1. The highest BCUT2D eigenvalue weighted by Gasteiger charge is 2.24. The quantitative estimate of drug-likeness (QED) is 0.719. The summed E-state index contributed by atoms with van der Waals surface area (Å²) in [5.74, 6) is -3.42.